The van der Waals surface area contributed by atoms with E-state index in [4.69, 9.17) is 30.3 Å². The molecular weight excluding hydrogens is 206 g/mol. The number of hydrogen-bond donors (Lipinski definition) is 6. The fraction of sp³-hybridized carbons (Fsp3) is 0.875. The maximum atomic E-state index is 9.00. The summed E-state index contributed by atoms with van der Waals surface area (Å²) in [7, 11) is 0. The number of aliphatic carboxylic acids is 1. The van der Waals surface area contributed by atoms with Gasteiger partial charge in [-0.15, -0.1) is 0 Å². The van der Waals surface area contributed by atoms with Gasteiger partial charge in [-0.2, -0.15) is 0 Å². The highest BCUT2D eigenvalue weighted by Gasteiger charge is 2.07. The predicted molar refractivity (Wildman–Crippen MR) is 51.9 cm³/mol. The monoisotopic (exact) mass is 225 g/mol. The first-order valence-corrected chi connectivity index (χ1v) is 4.47. The first-order chi connectivity index (χ1) is 6.93. The van der Waals surface area contributed by atoms with E-state index >= 15 is 0 Å². The number of carboxylic acid groups (broad SMARTS) is 1. The summed E-state index contributed by atoms with van der Waals surface area (Å²) >= 11 is 0. The normalized spacial score (nSPS) is 13.7. The van der Waals surface area contributed by atoms with Crippen LogP contribution in [0.5, 0.6) is 0 Å². The topological polar surface area (TPSA) is 130 Å². The Kier molecular flexibility index (Phi) is 12.6. The Morgan fingerprint density at radius 3 is 1.60 bits per heavy atom. The Morgan fingerprint density at radius 1 is 1.13 bits per heavy atom. The van der Waals surface area contributed by atoms with E-state index in [0.29, 0.717) is 0 Å². The molecule has 0 aliphatic rings. The van der Waals surface area contributed by atoms with E-state index in [1.54, 1.807) is 0 Å². The molecule has 0 spiro atoms. The smallest absolute Gasteiger partial charge is 0.300 e. The highest BCUT2D eigenvalue weighted by atomic mass is 16.4. The summed E-state index contributed by atoms with van der Waals surface area (Å²) in [5.74, 6) is -0.833. The van der Waals surface area contributed by atoms with Crippen molar-refractivity contribution in [3.63, 3.8) is 0 Å². The lowest BCUT2D eigenvalue weighted by molar-refractivity contribution is -0.134. The molecule has 2 unspecified atom stereocenters. The summed E-state index contributed by atoms with van der Waals surface area (Å²) < 4.78 is 0. The van der Waals surface area contributed by atoms with Gasteiger partial charge >= 0.3 is 0 Å². The minimum absolute atomic E-state index is 0.139. The first kappa shape index (κ1) is 16.7. The molecule has 0 aliphatic heterocycles. The van der Waals surface area contributed by atoms with Crippen LogP contribution in [0.4, 0.5) is 0 Å². The van der Waals surface area contributed by atoms with Crippen molar-refractivity contribution < 1.29 is 30.3 Å². The lowest BCUT2D eigenvalue weighted by Gasteiger charge is -2.15. The molecule has 0 saturated heterocycles. The SMILES string of the molecule is CC(=O)O.OCCC(O)NC(O)CCO. The van der Waals surface area contributed by atoms with Crippen LogP contribution in [0.1, 0.15) is 19.8 Å². The second-order valence-corrected chi connectivity index (χ2v) is 2.74. The molecule has 0 fully saturated rings. The van der Waals surface area contributed by atoms with Gasteiger partial charge in [0.15, 0.2) is 0 Å². The molecule has 0 saturated carbocycles. The van der Waals surface area contributed by atoms with E-state index in [9.17, 15) is 0 Å². The standard InChI is InChI=1S/C6H15NO4.C2H4O2/c8-3-1-5(10)7-6(11)2-4-9;1-2(3)4/h5-11H,1-4H2;1H3,(H,3,4). The summed E-state index contributed by atoms with van der Waals surface area (Å²) in [6, 6.07) is 0. The van der Waals surface area contributed by atoms with Gasteiger partial charge in [0.25, 0.3) is 5.97 Å². The Labute approximate surface area is 88.0 Å². The largest absolute Gasteiger partial charge is 0.481 e. The van der Waals surface area contributed by atoms with Crippen LogP contribution in [-0.2, 0) is 4.79 Å². The highest BCUT2D eigenvalue weighted by Crippen LogP contribution is 1.90. The van der Waals surface area contributed by atoms with Crippen molar-refractivity contribution in [3.05, 3.63) is 0 Å². The van der Waals surface area contributed by atoms with Gasteiger partial charge in [0.05, 0.1) is 0 Å². The minimum Gasteiger partial charge on any atom is -0.481 e. The van der Waals surface area contributed by atoms with E-state index in [1.165, 1.54) is 0 Å². The molecule has 0 aromatic heterocycles. The summed E-state index contributed by atoms with van der Waals surface area (Å²) in [5, 5.41) is 44.4. The van der Waals surface area contributed by atoms with Gasteiger partial charge < -0.3 is 25.5 Å². The van der Waals surface area contributed by atoms with Crippen LogP contribution < -0.4 is 5.32 Å². The third kappa shape index (κ3) is 19.6. The van der Waals surface area contributed by atoms with Crippen molar-refractivity contribution in [1.82, 2.24) is 5.32 Å². The van der Waals surface area contributed by atoms with Crippen LogP contribution in [0.25, 0.3) is 0 Å². The van der Waals surface area contributed by atoms with Gasteiger partial charge in [-0.1, -0.05) is 0 Å². The van der Waals surface area contributed by atoms with E-state index in [1.807, 2.05) is 0 Å². The molecule has 15 heavy (non-hydrogen) atoms. The van der Waals surface area contributed by atoms with Gasteiger partial charge in [-0.05, 0) is 0 Å². The molecule has 0 bridgehead atoms. The van der Waals surface area contributed by atoms with Crippen molar-refractivity contribution >= 4 is 5.97 Å². The molecule has 2 atom stereocenters. The van der Waals surface area contributed by atoms with Gasteiger partial charge in [0.2, 0.25) is 0 Å². The zero-order chi connectivity index (χ0) is 12.3. The molecule has 0 aliphatic carbocycles. The zero-order valence-electron chi connectivity index (χ0n) is 8.63. The van der Waals surface area contributed by atoms with Crippen LogP contribution in [0.15, 0.2) is 0 Å². The summed E-state index contributed by atoms with van der Waals surface area (Å²) in [5.41, 5.74) is 0. The lowest BCUT2D eigenvalue weighted by atomic mass is 10.3. The summed E-state index contributed by atoms with van der Waals surface area (Å²) in [6.45, 7) is 0.806. The van der Waals surface area contributed by atoms with Crippen molar-refractivity contribution in [2.75, 3.05) is 13.2 Å². The molecule has 0 radical (unpaired) electrons. The quantitative estimate of drug-likeness (QED) is 0.290. The molecular formula is C8H19NO6. The lowest BCUT2D eigenvalue weighted by Crippen LogP contribution is -2.39. The van der Waals surface area contributed by atoms with Crippen LogP contribution in [0, 0.1) is 0 Å². The Balaban J connectivity index is 0. The van der Waals surface area contributed by atoms with Crippen molar-refractivity contribution in [2.45, 2.75) is 32.2 Å². The molecule has 92 valence electrons. The predicted octanol–water partition coefficient (Wildman–Crippen LogP) is -1.93. The summed E-state index contributed by atoms with van der Waals surface area (Å²) in [4.78, 5) is 9.00. The van der Waals surface area contributed by atoms with Crippen molar-refractivity contribution in [1.29, 1.82) is 0 Å². The maximum absolute atomic E-state index is 9.00. The molecule has 0 aromatic carbocycles. The van der Waals surface area contributed by atoms with E-state index in [0.717, 1.165) is 6.92 Å². The number of carbonyl (C=O) groups is 1. The fourth-order valence-corrected chi connectivity index (χ4v) is 0.633. The van der Waals surface area contributed by atoms with Gasteiger partial charge in [0, 0.05) is 33.0 Å². The number of aliphatic hydroxyl groups is 4. The van der Waals surface area contributed by atoms with Gasteiger partial charge in [-0.3, -0.25) is 10.1 Å². The third-order valence-electron chi connectivity index (χ3n) is 1.19. The van der Waals surface area contributed by atoms with Gasteiger partial charge in [0.1, 0.15) is 12.5 Å². The molecule has 7 heteroatoms. The Morgan fingerprint density at radius 2 is 1.40 bits per heavy atom. The van der Waals surface area contributed by atoms with E-state index in [-0.39, 0.29) is 26.1 Å². The number of hydrogen-bond acceptors (Lipinski definition) is 6. The second-order valence-electron chi connectivity index (χ2n) is 2.74. The van der Waals surface area contributed by atoms with Crippen LogP contribution >= 0.6 is 0 Å². The Hall–Kier alpha value is -0.730. The zero-order valence-corrected chi connectivity index (χ0v) is 8.63. The number of rotatable bonds is 6. The highest BCUT2D eigenvalue weighted by molar-refractivity contribution is 5.62. The molecule has 0 rings (SSSR count). The van der Waals surface area contributed by atoms with Crippen LogP contribution in [0.2, 0.25) is 0 Å². The number of aliphatic hydroxyl groups excluding tert-OH is 4. The average Bonchev–Trinajstić information content (AvgIpc) is 2.03. The van der Waals surface area contributed by atoms with E-state index < -0.39 is 18.4 Å². The maximum Gasteiger partial charge on any atom is 0.300 e. The third-order valence-corrected chi connectivity index (χ3v) is 1.19. The average molecular weight is 225 g/mol. The van der Waals surface area contributed by atoms with Crippen molar-refractivity contribution in [3.8, 4) is 0 Å². The van der Waals surface area contributed by atoms with Crippen LogP contribution in [-0.4, -0.2) is 57.2 Å². The van der Waals surface area contributed by atoms with Crippen molar-refractivity contribution in [2.24, 2.45) is 0 Å². The molecule has 0 heterocycles. The second kappa shape index (κ2) is 11.3. The number of nitrogens with one attached hydrogen (secondary N) is 1. The summed E-state index contributed by atoms with van der Waals surface area (Å²) in [6.07, 6.45) is -1.49. The minimum atomic E-state index is -0.915. The fourth-order valence-electron chi connectivity index (χ4n) is 0.633. The van der Waals surface area contributed by atoms with Gasteiger partial charge in [-0.25, -0.2) is 0 Å². The molecule has 6 N–H and O–H groups in total. The molecule has 7 nitrogen and oxygen atoms in total. The molecule has 0 aromatic rings. The number of carboxylic acids is 1. The Bertz CT molecular complexity index is 140. The van der Waals surface area contributed by atoms with E-state index in [2.05, 4.69) is 5.32 Å². The van der Waals surface area contributed by atoms with Crippen LogP contribution in [0.3, 0.4) is 0 Å². The molecule has 0 amide bonds. The first-order valence-electron chi connectivity index (χ1n) is 4.47.